The van der Waals surface area contributed by atoms with Crippen LogP contribution in [0.3, 0.4) is 0 Å². The number of esters is 1. The Morgan fingerprint density at radius 3 is 2.55 bits per heavy atom. The van der Waals surface area contributed by atoms with E-state index in [9.17, 15) is 9.90 Å². The molecule has 0 bridgehead atoms. The van der Waals surface area contributed by atoms with Crippen LogP contribution < -0.4 is 10.5 Å². The Morgan fingerprint density at radius 2 is 2.00 bits per heavy atom. The number of hydrogen-bond donors (Lipinski definition) is 2. The molecule has 0 fully saturated rings. The summed E-state index contributed by atoms with van der Waals surface area (Å²) in [6.45, 7) is 1.66. The maximum absolute atomic E-state index is 11.6. The molecule has 122 valence electrons. The van der Waals surface area contributed by atoms with Crippen LogP contribution in [0.4, 0.5) is 0 Å². The number of aliphatic hydroxyl groups excluding tert-OH is 1. The Bertz CT molecular complexity index is 559. The largest absolute Gasteiger partial charge is 0.479 e. The first kappa shape index (κ1) is 16.7. The smallest absolute Gasteiger partial charge is 0.337 e. The molecule has 1 aromatic rings. The molecule has 7 nitrogen and oxygen atoms in total. The Labute approximate surface area is 128 Å². The van der Waals surface area contributed by atoms with Crippen molar-refractivity contribution in [1.29, 1.82) is 0 Å². The minimum atomic E-state index is -1.18. The fourth-order valence-corrected chi connectivity index (χ4v) is 2.72. The van der Waals surface area contributed by atoms with E-state index in [4.69, 9.17) is 19.9 Å². The van der Waals surface area contributed by atoms with E-state index in [1.54, 1.807) is 25.1 Å². The zero-order valence-electron chi connectivity index (χ0n) is 13.0. The molecule has 0 aromatic heterocycles. The van der Waals surface area contributed by atoms with Gasteiger partial charge in [0, 0.05) is 19.8 Å². The molecular formula is C15H21NO6. The van der Waals surface area contributed by atoms with Crippen LogP contribution in [0.2, 0.25) is 0 Å². The Balaban J connectivity index is 2.44. The van der Waals surface area contributed by atoms with Crippen molar-refractivity contribution in [2.45, 2.75) is 31.0 Å². The van der Waals surface area contributed by atoms with Crippen LogP contribution in [0.1, 0.15) is 28.9 Å². The number of methoxy groups -OCH3 is 3. The van der Waals surface area contributed by atoms with Crippen molar-refractivity contribution in [2.75, 3.05) is 21.3 Å². The number of hydrogen-bond acceptors (Lipinski definition) is 7. The topological polar surface area (TPSA) is 100 Å². The van der Waals surface area contributed by atoms with Crippen LogP contribution in [-0.4, -0.2) is 50.4 Å². The SMILES string of the molecule is COC(=O)c1ccc2c(c1)[C@@H](N)[C@H](O)[C@](C)(C(OC)OC)O2. The average molecular weight is 311 g/mol. The molecule has 0 spiro atoms. The van der Waals surface area contributed by atoms with Gasteiger partial charge in [-0.2, -0.15) is 0 Å². The highest BCUT2D eigenvalue weighted by molar-refractivity contribution is 5.89. The van der Waals surface area contributed by atoms with Crippen LogP contribution in [0.25, 0.3) is 0 Å². The maximum atomic E-state index is 11.6. The number of carbonyl (C=O) groups is 1. The summed E-state index contributed by atoms with van der Waals surface area (Å²) in [5, 5.41) is 10.5. The van der Waals surface area contributed by atoms with Gasteiger partial charge >= 0.3 is 5.97 Å². The highest BCUT2D eigenvalue weighted by Gasteiger charge is 2.51. The quantitative estimate of drug-likeness (QED) is 0.620. The van der Waals surface area contributed by atoms with Crippen molar-refractivity contribution < 1.29 is 28.8 Å². The van der Waals surface area contributed by atoms with Crippen LogP contribution >= 0.6 is 0 Å². The highest BCUT2D eigenvalue weighted by atomic mass is 16.7. The predicted octanol–water partition coefficient (Wildman–Crippen LogP) is 0.604. The summed E-state index contributed by atoms with van der Waals surface area (Å²) < 4.78 is 21.0. The average Bonchev–Trinajstić information content (AvgIpc) is 2.53. The molecule has 1 aromatic carbocycles. The molecular weight excluding hydrogens is 290 g/mol. The first-order valence-corrected chi connectivity index (χ1v) is 6.79. The summed E-state index contributed by atoms with van der Waals surface area (Å²) in [7, 11) is 4.21. The highest BCUT2D eigenvalue weighted by Crippen LogP contribution is 2.41. The second-order valence-electron chi connectivity index (χ2n) is 5.30. The lowest BCUT2D eigenvalue weighted by Gasteiger charge is -2.45. The predicted molar refractivity (Wildman–Crippen MR) is 77.6 cm³/mol. The third-order valence-corrected chi connectivity index (χ3v) is 3.94. The number of fused-ring (bicyclic) bond motifs is 1. The number of nitrogens with two attached hydrogens (primary N) is 1. The second kappa shape index (κ2) is 6.21. The normalized spacial score (nSPS) is 27.2. The third kappa shape index (κ3) is 2.56. The first-order chi connectivity index (χ1) is 10.4. The van der Waals surface area contributed by atoms with Crippen molar-refractivity contribution in [3.8, 4) is 5.75 Å². The van der Waals surface area contributed by atoms with Gasteiger partial charge in [-0.3, -0.25) is 0 Å². The Hall–Kier alpha value is -1.67. The van der Waals surface area contributed by atoms with E-state index >= 15 is 0 Å². The van der Waals surface area contributed by atoms with Crippen molar-refractivity contribution in [2.24, 2.45) is 5.73 Å². The standard InChI is InChI=1S/C15H21NO6/c1-15(14(20-3)21-4)12(17)11(16)9-7-8(13(18)19-2)5-6-10(9)22-15/h5-7,11-12,14,17H,16H2,1-4H3/t11-,12+,15-/m1/s1. The fraction of sp³-hybridized carbons (Fsp3) is 0.533. The van der Waals surface area contributed by atoms with Gasteiger partial charge in [0.15, 0.2) is 11.9 Å². The lowest BCUT2D eigenvalue weighted by Crippen LogP contribution is -2.61. The second-order valence-corrected chi connectivity index (χ2v) is 5.30. The van der Waals surface area contributed by atoms with Gasteiger partial charge in [0.25, 0.3) is 0 Å². The van der Waals surface area contributed by atoms with Gasteiger partial charge in [-0.1, -0.05) is 0 Å². The van der Waals surface area contributed by atoms with E-state index < -0.39 is 30.0 Å². The number of aliphatic hydroxyl groups is 1. The lowest BCUT2D eigenvalue weighted by atomic mass is 9.84. The third-order valence-electron chi connectivity index (χ3n) is 3.94. The number of benzene rings is 1. The molecule has 0 saturated heterocycles. The molecule has 0 radical (unpaired) electrons. The van der Waals surface area contributed by atoms with Crippen molar-refractivity contribution in [3.05, 3.63) is 29.3 Å². The molecule has 1 aliphatic heterocycles. The van der Waals surface area contributed by atoms with Gasteiger partial charge in [0.05, 0.1) is 18.7 Å². The summed E-state index contributed by atoms with van der Waals surface area (Å²) in [4.78, 5) is 11.6. The van der Waals surface area contributed by atoms with Gasteiger partial charge in [-0.05, 0) is 25.1 Å². The molecule has 1 heterocycles. The molecule has 2 rings (SSSR count). The van der Waals surface area contributed by atoms with E-state index in [-0.39, 0.29) is 0 Å². The van der Waals surface area contributed by atoms with E-state index in [0.29, 0.717) is 16.9 Å². The van der Waals surface area contributed by atoms with Gasteiger partial charge < -0.3 is 29.8 Å². The molecule has 0 aliphatic carbocycles. The van der Waals surface area contributed by atoms with E-state index in [1.165, 1.54) is 21.3 Å². The van der Waals surface area contributed by atoms with Crippen LogP contribution in [0, 0.1) is 0 Å². The van der Waals surface area contributed by atoms with Crippen molar-refractivity contribution in [3.63, 3.8) is 0 Å². The maximum Gasteiger partial charge on any atom is 0.337 e. The summed E-state index contributed by atoms with van der Waals surface area (Å²) in [6, 6.07) is 3.99. The fourth-order valence-electron chi connectivity index (χ4n) is 2.72. The summed E-state index contributed by atoms with van der Waals surface area (Å²) >= 11 is 0. The number of carbonyl (C=O) groups excluding carboxylic acids is 1. The van der Waals surface area contributed by atoms with Crippen molar-refractivity contribution >= 4 is 5.97 Å². The van der Waals surface area contributed by atoms with E-state index in [2.05, 4.69) is 4.74 Å². The first-order valence-electron chi connectivity index (χ1n) is 6.79. The van der Waals surface area contributed by atoms with E-state index in [1.807, 2.05) is 0 Å². The van der Waals surface area contributed by atoms with Crippen LogP contribution in [-0.2, 0) is 14.2 Å². The molecule has 22 heavy (non-hydrogen) atoms. The van der Waals surface area contributed by atoms with Gasteiger partial charge in [-0.25, -0.2) is 4.79 Å². The molecule has 0 saturated carbocycles. The molecule has 1 aliphatic rings. The number of rotatable bonds is 4. The van der Waals surface area contributed by atoms with Crippen LogP contribution in [0.15, 0.2) is 18.2 Å². The summed E-state index contributed by atoms with van der Waals surface area (Å²) in [5.74, 6) is -0.0171. The monoisotopic (exact) mass is 311 g/mol. The Kier molecular flexibility index (Phi) is 4.72. The van der Waals surface area contributed by atoms with Gasteiger partial charge in [0.1, 0.15) is 11.9 Å². The molecule has 3 N–H and O–H groups in total. The number of ether oxygens (including phenoxy) is 4. The summed E-state index contributed by atoms with van der Waals surface area (Å²) in [6.07, 6.45) is -1.89. The lowest BCUT2D eigenvalue weighted by molar-refractivity contribution is -0.237. The van der Waals surface area contributed by atoms with Crippen molar-refractivity contribution in [1.82, 2.24) is 0 Å². The van der Waals surface area contributed by atoms with Gasteiger partial charge in [0.2, 0.25) is 0 Å². The van der Waals surface area contributed by atoms with Gasteiger partial charge in [-0.15, -0.1) is 0 Å². The zero-order valence-corrected chi connectivity index (χ0v) is 13.0. The summed E-state index contributed by atoms with van der Waals surface area (Å²) in [5.41, 5.74) is 5.82. The molecule has 3 atom stereocenters. The Morgan fingerprint density at radius 1 is 1.36 bits per heavy atom. The molecule has 0 amide bonds. The minimum absolute atomic E-state index is 0.339. The zero-order chi connectivity index (χ0) is 16.5. The minimum Gasteiger partial charge on any atom is -0.479 e. The molecule has 7 heteroatoms. The van der Waals surface area contributed by atoms with Crippen LogP contribution in [0.5, 0.6) is 5.75 Å². The molecule has 0 unspecified atom stereocenters. The van der Waals surface area contributed by atoms with E-state index in [0.717, 1.165) is 0 Å².